The first-order valence-electron chi connectivity index (χ1n) is 7.05. The van der Waals surface area contributed by atoms with Crippen molar-refractivity contribution in [1.29, 1.82) is 0 Å². The van der Waals surface area contributed by atoms with Crippen LogP contribution in [0.25, 0.3) is 6.08 Å². The van der Waals surface area contributed by atoms with Crippen molar-refractivity contribution in [3.05, 3.63) is 81.4 Å². The van der Waals surface area contributed by atoms with Gasteiger partial charge < -0.3 is 0 Å². The number of nitro groups is 1. The van der Waals surface area contributed by atoms with Crippen LogP contribution in [0.3, 0.4) is 0 Å². The molecule has 0 spiro atoms. The molecule has 112 valence electrons. The number of hydrogen-bond acceptors (Lipinski definition) is 3. The number of rotatable bonds is 5. The summed E-state index contributed by atoms with van der Waals surface area (Å²) in [5.74, 6) is 0.236. The van der Waals surface area contributed by atoms with Crippen molar-refractivity contribution in [2.24, 2.45) is 0 Å². The SMILES string of the molecule is CC(C)c1ccc(C(=O)/C=C/c2ccccc2[N+](=O)[O-])cc1. The Morgan fingerprint density at radius 3 is 2.32 bits per heavy atom. The molecule has 0 saturated carbocycles. The number of allylic oxidation sites excluding steroid dienone is 1. The van der Waals surface area contributed by atoms with E-state index < -0.39 is 4.92 Å². The van der Waals surface area contributed by atoms with E-state index in [1.54, 1.807) is 30.3 Å². The number of para-hydroxylation sites is 1. The van der Waals surface area contributed by atoms with Gasteiger partial charge in [-0.25, -0.2) is 0 Å². The predicted molar refractivity (Wildman–Crippen MR) is 87.0 cm³/mol. The van der Waals surface area contributed by atoms with Gasteiger partial charge in [-0.2, -0.15) is 0 Å². The van der Waals surface area contributed by atoms with E-state index in [2.05, 4.69) is 13.8 Å². The lowest BCUT2D eigenvalue weighted by molar-refractivity contribution is -0.385. The molecule has 2 aromatic carbocycles. The number of ketones is 1. The van der Waals surface area contributed by atoms with Crippen molar-refractivity contribution in [3.8, 4) is 0 Å². The van der Waals surface area contributed by atoms with E-state index in [1.807, 2.05) is 12.1 Å². The van der Waals surface area contributed by atoms with Crippen molar-refractivity contribution in [3.63, 3.8) is 0 Å². The van der Waals surface area contributed by atoms with Crippen molar-refractivity contribution >= 4 is 17.5 Å². The van der Waals surface area contributed by atoms with E-state index in [-0.39, 0.29) is 11.5 Å². The Morgan fingerprint density at radius 2 is 1.73 bits per heavy atom. The van der Waals surface area contributed by atoms with Crippen molar-refractivity contribution in [1.82, 2.24) is 0 Å². The largest absolute Gasteiger partial charge is 0.289 e. The highest BCUT2D eigenvalue weighted by Crippen LogP contribution is 2.20. The van der Waals surface area contributed by atoms with Gasteiger partial charge in [-0.1, -0.05) is 50.2 Å². The van der Waals surface area contributed by atoms with Gasteiger partial charge in [0.2, 0.25) is 0 Å². The zero-order valence-corrected chi connectivity index (χ0v) is 12.5. The molecule has 2 rings (SSSR count). The minimum absolute atomic E-state index is 0.0123. The Hall–Kier alpha value is -2.75. The highest BCUT2D eigenvalue weighted by atomic mass is 16.6. The van der Waals surface area contributed by atoms with E-state index >= 15 is 0 Å². The minimum atomic E-state index is -0.457. The van der Waals surface area contributed by atoms with Crippen molar-refractivity contribution in [2.75, 3.05) is 0 Å². The van der Waals surface area contributed by atoms with Gasteiger partial charge in [0.25, 0.3) is 5.69 Å². The molecule has 0 aliphatic carbocycles. The first-order chi connectivity index (χ1) is 10.5. The highest BCUT2D eigenvalue weighted by molar-refractivity contribution is 6.07. The molecule has 0 radical (unpaired) electrons. The molecule has 0 heterocycles. The number of carbonyl (C=O) groups is 1. The molecule has 0 N–H and O–H groups in total. The lowest BCUT2D eigenvalue weighted by Gasteiger charge is -2.05. The van der Waals surface area contributed by atoms with Gasteiger partial charge in [-0.05, 0) is 29.7 Å². The van der Waals surface area contributed by atoms with Gasteiger partial charge in [0.15, 0.2) is 5.78 Å². The summed E-state index contributed by atoms with van der Waals surface area (Å²) < 4.78 is 0. The minimum Gasteiger partial charge on any atom is -0.289 e. The summed E-state index contributed by atoms with van der Waals surface area (Å²) in [6.07, 6.45) is 2.85. The van der Waals surface area contributed by atoms with E-state index in [0.717, 1.165) is 0 Å². The molecule has 4 heteroatoms. The molecule has 2 aromatic rings. The van der Waals surface area contributed by atoms with Crippen LogP contribution in [0.15, 0.2) is 54.6 Å². The van der Waals surface area contributed by atoms with E-state index in [0.29, 0.717) is 17.0 Å². The third kappa shape index (κ3) is 3.67. The number of nitrogens with zero attached hydrogens (tertiary/aromatic N) is 1. The molecule has 0 unspecified atom stereocenters. The Labute approximate surface area is 129 Å². The number of benzene rings is 2. The van der Waals surface area contributed by atoms with Gasteiger partial charge in [0, 0.05) is 11.6 Å². The second kappa shape index (κ2) is 6.80. The maximum absolute atomic E-state index is 12.1. The van der Waals surface area contributed by atoms with Gasteiger partial charge in [-0.3, -0.25) is 14.9 Å². The molecule has 0 atom stereocenters. The zero-order valence-electron chi connectivity index (χ0n) is 12.5. The van der Waals surface area contributed by atoms with Crippen LogP contribution >= 0.6 is 0 Å². The van der Waals surface area contributed by atoms with Gasteiger partial charge >= 0.3 is 0 Å². The molecular formula is C18H17NO3. The van der Waals surface area contributed by atoms with Crippen molar-refractivity contribution in [2.45, 2.75) is 19.8 Å². The quantitative estimate of drug-likeness (QED) is 0.350. The van der Waals surface area contributed by atoms with Crippen LogP contribution in [0, 0.1) is 10.1 Å². The Balaban J connectivity index is 2.20. The lowest BCUT2D eigenvalue weighted by atomic mass is 10.0. The second-order valence-corrected chi connectivity index (χ2v) is 5.29. The fourth-order valence-electron chi connectivity index (χ4n) is 2.09. The van der Waals surface area contributed by atoms with Gasteiger partial charge in [0.05, 0.1) is 10.5 Å². The first kappa shape index (κ1) is 15.6. The second-order valence-electron chi connectivity index (χ2n) is 5.29. The topological polar surface area (TPSA) is 60.2 Å². The molecule has 0 saturated heterocycles. The average molecular weight is 295 g/mol. The monoisotopic (exact) mass is 295 g/mol. The van der Waals surface area contributed by atoms with Crippen LogP contribution in [0.4, 0.5) is 5.69 Å². The molecule has 0 aliphatic heterocycles. The van der Waals surface area contributed by atoms with Crippen LogP contribution in [0.1, 0.15) is 41.3 Å². The summed E-state index contributed by atoms with van der Waals surface area (Å²) in [6, 6.07) is 13.7. The molecule has 0 bridgehead atoms. The molecule has 0 fully saturated rings. The number of hydrogen-bond donors (Lipinski definition) is 0. The Kier molecular flexibility index (Phi) is 4.84. The third-order valence-electron chi connectivity index (χ3n) is 3.41. The smallest absolute Gasteiger partial charge is 0.276 e. The molecule has 0 aromatic heterocycles. The summed E-state index contributed by atoms with van der Waals surface area (Å²) in [6.45, 7) is 4.18. The number of carbonyl (C=O) groups excluding carboxylic acids is 1. The van der Waals surface area contributed by atoms with Gasteiger partial charge in [-0.15, -0.1) is 0 Å². The lowest BCUT2D eigenvalue weighted by Crippen LogP contribution is -1.96. The van der Waals surface area contributed by atoms with Crippen LogP contribution in [0.2, 0.25) is 0 Å². The molecule has 4 nitrogen and oxygen atoms in total. The third-order valence-corrected chi connectivity index (χ3v) is 3.41. The van der Waals surface area contributed by atoms with E-state index in [9.17, 15) is 14.9 Å². The predicted octanol–water partition coefficient (Wildman–Crippen LogP) is 4.61. The van der Waals surface area contributed by atoms with Gasteiger partial charge in [0.1, 0.15) is 0 Å². The molecular weight excluding hydrogens is 278 g/mol. The van der Waals surface area contributed by atoms with E-state index in [4.69, 9.17) is 0 Å². The molecule has 22 heavy (non-hydrogen) atoms. The van der Waals surface area contributed by atoms with Crippen molar-refractivity contribution < 1.29 is 9.72 Å². The molecule has 0 amide bonds. The van der Waals surface area contributed by atoms with E-state index in [1.165, 1.54) is 23.8 Å². The van der Waals surface area contributed by atoms with Crippen LogP contribution in [-0.4, -0.2) is 10.7 Å². The zero-order chi connectivity index (χ0) is 16.1. The first-order valence-corrected chi connectivity index (χ1v) is 7.05. The van der Waals surface area contributed by atoms with Crippen LogP contribution in [-0.2, 0) is 0 Å². The fraction of sp³-hybridized carbons (Fsp3) is 0.167. The highest BCUT2D eigenvalue weighted by Gasteiger charge is 2.10. The maximum Gasteiger partial charge on any atom is 0.276 e. The van der Waals surface area contributed by atoms with Crippen LogP contribution < -0.4 is 0 Å². The van der Waals surface area contributed by atoms with Crippen LogP contribution in [0.5, 0.6) is 0 Å². The number of nitro benzene ring substituents is 1. The maximum atomic E-state index is 12.1. The Morgan fingerprint density at radius 1 is 1.09 bits per heavy atom. The normalized spacial score (nSPS) is 11.0. The standard InChI is InChI=1S/C18H17NO3/c1-13(2)14-7-9-16(10-8-14)18(20)12-11-15-5-3-4-6-17(15)19(21)22/h3-13H,1-2H3/b12-11+. The summed E-state index contributed by atoms with van der Waals surface area (Å²) in [4.78, 5) is 22.6. The summed E-state index contributed by atoms with van der Waals surface area (Å²) in [7, 11) is 0. The summed E-state index contributed by atoms with van der Waals surface area (Å²) >= 11 is 0. The summed E-state index contributed by atoms with van der Waals surface area (Å²) in [5, 5.41) is 10.9. The average Bonchev–Trinajstić information content (AvgIpc) is 2.52. The summed E-state index contributed by atoms with van der Waals surface area (Å²) in [5.41, 5.74) is 2.14. The Bertz CT molecular complexity index is 715. The fourth-order valence-corrected chi connectivity index (χ4v) is 2.09. The molecule has 0 aliphatic rings.